The number of hydrogen-bond donors (Lipinski definition) is 2. The maximum atomic E-state index is 14.2. The topological polar surface area (TPSA) is 121 Å². The molecule has 2 atom stereocenters. The molecule has 0 bridgehead atoms. The summed E-state index contributed by atoms with van der Waals surface area (Å²) in [5.41, 5.74) is -1.95. The van der Waals surface area contributed by atoms with Gasteiger partial charge >= 0.3 is 0 Å². The van der Waals surface area contributed by atoms with Crippen LogP contribution in [0.25, 0.3) is 10.6 Å². The Morgan fingerprint density at radius 1 is 1.17 bits per heavy atom. The second-order valence-corrected chi connectivity index (χ2v) is 13.3. The van der Waals surface area contributed by atoms with Crippen molar-refractivity contribution in [2.75, 3.05) is 19.1 Å². The number of rotatable bonds is 5. The Hall–Kier alpha value is -3.87. The van der Waals surface area contributed by atoms with Crippen molar-refractivity contribution in [2.45, 2.75) is 64.1 Å². The summed E-state index contributed by atoms with van der Waals surface area (Å²) >= 11 is 1.04. The van der Waals surface area contributed by atoms with Crippen molar-refractivity contribution in [2.24, 2.45) is 11.3 Å². The number of nitrogens with zero attached hydrogens (tertiary/aromatic N) is 5. The van der Waals surface area contributed by atoms with Gasteiger partial charge in [-0.25, -0.2) is 8.78 Å². The van der Waals surface area contributed by atoms with Crippen LogP contribution in [0, 0.1) is 23.0 Å². The van der Waals surface area contributed by atoms with Crippen LogP contribution in [0.4, 0.5) is 8.78 Å². The first-order valence-electron chi connectivity index (χ1n) is 13.9. The van der Waals surface area contributed by atoms with E-state index in [2.05, 4.69) is 15.5 Å². The van der Waals surface area contributed by atoms with Crippen molar-refractivity contribution in [1.29, 1.82) is 0 Å². The molecule has 2 fully saturated rings. The molecule has 2 amide bonds. The van der Waals surface area contributed by atoms with Gasteiger partial charge in [-0.3, -0.25) is 24.1 Å². The Kier molecular flexibility index (Phi) is 6.63. The van der Waals surface area contributed by atoms with E-state index in [0.29, 0.717) is 24.3 Å². The SMILES string of the molecule is CN1C(=O)c2c(O)c(=O)c(-c3nnc(Cc4ccc(F)cc4F)s3)cn2N(C)C12CC[C@@H](C(=O)NC1CC1)C(C)(C)C2. The van der Waals surface area contributed by atoms with Crippen LogP contribution in [-0.4, -0.2) is 62.5 Å². The van der Waals surface area contributed by atoms with Gasteiger partial charge in [0.2, 0.25) is 11.3 Å². The second-order valence-electron chi connectivity index (χ2n) is 12.2. The van der Waals surface area contributed by atoms with Crippen molar-refractivity contribution >= 4 is 23.2 Å². The fourth-order valence-electron chi connectivity index (χ4n) is 6.49. The van der Waals surface area contributed by atoms with Crippen molar-refractivity contribution in [3.05, 3.63) is 62.5 Å². The zero-order valence-corrected chi connectivity index (χ0v) is 24.6. The lowest BCUT2D eigenvalue weighted by Crippen LogP contribution is -2.71. The number of benzene rings is 1. The van der Waals surface area contributed by atoms with Gasteiger partial charge < -0.3 is 15.3 Å². The first-order valence-corrected chi connectivity index (χ1v) is 14.7. The van der Waals surface area contributed by atoms with Gasteiger partial charge in [-0.1, -0.05) is 31.3 Å². The van der Waals surface area contributed by atoms with Crippen LogP contribution >= 0.6 is 11.3 Å². The predicted molar refractivity (Wildman–Crippen MR) is 152 cm³/mol. The summed E-state index contributed by atoms with van der Waals surface area (Å²) in [6.45, 7) is 4.07. The molecule has 1 unspecified atom stereocenters. The summed E-state index contributed by atoms with van der Waals surface area (Å²) in [5, 5.41) is 24.8. The second kappa shape index (κ2) is 9.85. The van der Waals surface area contributed by atoms with Gasteiger partial charge in [0.15, 0.2) is 16.5 Å². The summed E-state index contributed by atoms with van der Waals surface area (Å²) < 4.78 is 29.0. The maximum Gasteiger partial charge on any atom is 0.278 e. The molecule has 0 radical (unpaired) electrons. The summed E-state index contributed by atoms with van der Waals surface area (Å²) in [7, 11) is 3.45. The summed E-state index contributed by atoms with van der Waals surface area (Å²) in [6.07, 6.45) is 5.07. The number of aromatic nitrogens is 3. The summed E-state index contributed by atoms with van der Waals surface area (Å²) in [6, 6.07) is 3.53. The van der Waals surface area contributed by atoms with Crippen LogP contribution in [0.5, 0.6) is 5.75 Å². The summed E-state index contributed by atoms with van der Waals surface area (Å²) in [4.78, 5) is 41.6. The molecule has 0 saturated heterocycles. The number of carbonyl (C=O) groups excluding carboxylic acids is 2. The fourth-order valence-corrected chi connectivity index (χ4v) is 7.36. The average molecular weight is 599 g/mol. The number of hydrogen-bond acceptors (Lipinski definition) is 8. The maximum absolute atomic E-state index is 14.2. The van der Waals surface area contributed by atoms with Crippen LogP contribution in [0.2, 0.25) is 0 Å². The van der Waals surface area contributed by atoms with Gasteiger partial charge in [-0.05, 0) is 49.1 Å². The number of amides is 2. The van der Waals surface area contributed by atoms with Crippen LogP contribution in [0.15, 0.2) is 29.2 Å². The van der Waals surface area contributed by atoms with Gasteiger partial charge in [0.1, 0.15) is 22.3 Å². The molecule has 10 nitrogen and oxygen atoms in total. The van der Waals surface area contributed by atoms with Crippen LogP contribution in [-0.2, 0) is 11.2 Å². The zero-order chi connectivity index (χ0) is 30.1. The Labute approximate surface area is 244 Å². The number of aromatic hydroxyl groups is 1. The van der Waals surface area contributed by atoms with E-state index in [1.807, 2.05) is 18.9 Å². The van der Waals surface area contributed by atoms with Crippen LogP contribution in [0.1, 0.15) is 67.0 Å². The van der Waals surface area contributed by atoms with E-state index in [-0.39, 0.29) is 46.1 Å². The highest BCUT2D eigenvalue weighted by Crippen LogP contribution is 2.50. The molecule has 3 heterocycles. The quantitative estimate of drug-likeness (QED) is 0.462. The van der Waals surface area contributed by atoms with Crippen molar-refractivity contribution in [1.82, 2.24) is 25.1 Å². The smallest absolute Gasteiger partial charge is 0.278 e. The minimum atomic E-state index is -0.824. The molecule has 1 aliphatic heterocycles. The first kappa shape index (κ1) is 28.3. The number of fused-ring (bicyclic) bond motifs is 1. The number of nitrogens with one attached hydrogen (secondary N) is 1. The molecule has 13 heteroatoms. The molecule has 3 aromatic rings. The zero-order valence-electron chi connectivity index (χ0n) is 23.8. The Bertz CT molecular complexity index is 1670. The number of carbonyl (C=O) groups is 2. The van der Waals surface area contributed by atoms with Crippen LogP contribution in [0.3, 0.4) is 0 Å². The largest absolute Gasteiger partial charge is 0.502 e. The third-order valence-electron chi connectivity index (χ3n) is 9.03. The van der Waals surface area contributed by atoms with E-state index in [1.54, 1.807) is 19.0 Å². The first-order chi connectivity index (χ1) is 19.8. The minimum absolute atomic E-state index is 0.0377. The van der Waals surface area contributed by atoms with E-state index in [1.165, 1.54) is 16.9 Å². The minimum Gasteiger partial charge on any atom is -0.502 e. The highest BCUT2D eigenvalue weighted by Gasteiger charge is 2.56. The molecule has 222 valence electrons. The molecule has 6 rings (SSSR count). The Morgan fingerprint density at radius 2 is 1.90 bits per heavy atom. The van der Waals surface area contributed by atoms with Crippen LogP contribution < -0.4 is 15.8 Å². The monoisotopic (exact) mass is 598 g/mol. The fraction of sp³-hybridized carbons (Fsp3) is 0.483. The van der Waals surface area contributed by atoms with Gasteiger partial charge in [-0.2, -0.15) is 0 Å². The average Bonchev–Trinajstić information content (AvgIpc) is 3.62. The van der Waals surface area contributed by atoms with Gasteiger partial charge in [0, 0.05) is 44.7 Å². The molecule has 42 heavy (non-hydrogen) atoms. The van der Waals surface area contributed by atoms with E-state index >= 15 is 0 Å². The Balaban J connectivity index is 1.34. The molecular weight excluding hydrogens is 566 g/mol. The van der Waals surface area contributed by atoms with Gasteiger partial charge in [0.05, 0.1) is 5.56 Å². The Morgan fingerprint density at radius 3 is 2.57 bits per heavy atom. The molecule has 3 aliphatic rings. The van der Waals surface area contributed by atoms with Crippen molar-refractivity contribution in [3.8, 4) is 16.3 Å². The lowest BCUT2D eigenvalue weighted by molar-refractivity contribution is -0.133. The highest BCUT2D eigenvalue weighted by atomic mass is 32.1. The molecule has 2 saturated carbocycles. The lowest BCUT2D eigenvalue weighted by atomic mass is 9.63. The summed E-state index contributed by atoms with van der Waals surface area (Å²) in [5.74, 6) is -2.78. The highest BCUT2D eigenvalue weighted by molar-refractivity contribution is 7.14. The van der Waals surface area contributed by atoms with E-state index in [0.717, 1.165) is 36.3 Å². The van der Waals surface area contributed by atoms with E-state index in [9.17, 15) is 28.3 Å². The predicted octanol–water partition coefficient (Wildman–Crippen LogP) is 3.40. The van der Waals surface area contributed by atoms with E-state index < -0.39 is 39.8 Å². The molecule has 2 N–H and O–H groups in total. The van der Waals surface area contributed by atoms with Gasteiger partial charge in [0.25, 0.3) is 5.91 Å². The van der Waals surface area contributed by atoms with Crippen molar-refractivity contribution in [3.63, 3.8) is 0 Å². The van der Waals surface area contributed by atoms with Crippen molar-refractivity contribution < 1.29 is 23.5 Å². The van der Waals surface area contributed by atoms with E-state index in [4.69, 9.17) is 0 Å². The lowest BCUT2D eigenvalue weighted by Gasteiger charge is -2.59. The van der Waals surface area contributed by atoms with Gasteiger partial charge in [-0.15, -0.1) is 10.2 Å². The standard InChI is InChI=1S/C29H32F2N6O4S/c1-28(2)14-29(10-9-19(28)25(40)32-17-7-8-17)35(3)27(41)22-24(39)23(38)18(13-37(22)36(29)4)26-34-33-21(42-26)11-15-5-6-16(30)12-20(15)31/h5-6,12-13,17,19,39H,7-11,14H2,1-4H3,(H,32,40)/t19-,29?/m0/s1. The number of pyridine rings is 1. The molecule has 1 spiro atoms. The molecule has 2 aromatic heterocycles. The third kappa shape index (κ3) is 4.54. The normalized spacial score (nSPS) is 23.3. The number of halogens is 2. The third-order valence-corrected chi connectivity index (χ3v) is 9.99. The molecule has 2 aliphatic carbocycles. The molecular formula is C29H32F2N6O4S. The molecule has 1 aromatic carbocycles.